The molecule has 1 aliphatic carbocycles. The van der Waals surface area contributed by atoms with E-state index in [1.807, 2.05) is 48.6 Å². The van der Waals surface area contributed by atoms with E-state index in [2.05, 4.69) is 26.3 Å². The molecule has 0 radical (unpaired) electrons. The lowest BCUT2D eigenvalue weighted by atomic mass is 9.74. The van der Waals surface area contributed by atoms with Gasteiger partial charge >= 0.3 is 0 Å². The summed E-state index contributed by atoms with van der Waals surface area (Å²) < 4.78 is 0. The molecular formula is C72H104O8. The summed E-state index contributed by atoms with van der Waals surface area (Å²) in [5.74, 6) is -2.90. The van der Waals surface area contributed by atoms with E-state index in [4.69, 9.17) is 0 Å². The Kier molecular flexibility index (Phi) is 27.5. The lowest BCUT2D eigenvalue weighted by molar-refractivity contribution is 0.411. The minimum atomic E-state index is -0.588. The Bertz CT molecular complexity index is 2150. The van der Waals surface area contributed by atoms with E-state index in [-0.39, 0.29) is 46.0 Å². The number of fused-ring (bicyclic) bond motifs is 8. The summed E-state index contributed by atoms with van der Waals surface area (Å²) in [6.45, 7) is 22.5. The van der Waals surface area contributed by atoms with Gasteiger partial charge in [0.15, 0.2) is 0 Å². The van der Waals surface area contributed by atoms with Gasteiger partial charge in [-0.1, -0.05) is 153 Å². The van der Waals surface area contributed by atoms with Crippen LogP contribution in [-0.2, 0) is 0 Å². The summed E-state index contributed by atoms with van der Waals surface area (Å²) in [6, 6.07) is 7.59. The van der Waals surface area contributed by atoms with Gasteiger partial charge in [-0.2, -0.15) is 0 Å². The number of allylic oxidation sites excluding steroid dienone is 4. The van der Waals surface area contributed by atoms with Gasteiger partial charge in [0, 0.05) is 90.4 Å². The summed E-state index contributed by atoms with van der Waals surface area (Å²) in [6.07, 6.45) is 38.1. The molecule has 0 amide bonds. The Hall–Kier alpha value is -5.76. The second-order valence-corrected chi connectivity index (χ2v) is 23.7. The van der Waals surface area contributed by atoms with Gasteiger partial charge < -0.3 is 40.9 Å². The molecule has 0 saturated carbocycles. The molecule has 8 heteroatoms. The van der Waals surface area contributed by atoms with Crippen molar-refractivity contribution in [3.05, 3.63) is 142 Å². The van der Waals surface area contributed by atoms with Crippen molar-refractivity contribution in [2.75, 3.05) is 0 Å². The molecule has 1 aliphatic rings. The maximum atomic E-state index is 12.5. The molecule has 8 N–H and O–H groups in total. The van der Waals surface area contributed by atoms with E-state index in [1.54, 1.807) is 27.7 Å². The molecule has 0 spiro atoms. The molecule has 4 aromatic rings. The predicted molar refractivity (Wildman–Crippen MR) is 334 cm³/mol. The third kappa shape index (κ3) is 17.1. The number of hydrogen-bond donors (Lipinski definition) is 8. The Morgan fingerprint density at radius 2 is 0.388 bits per heavy atom. The van der Waals surface area contributed by atoms with Gasteiger partial charge in [-0.3, -0.25) is 0 Å². The molecule has 0 fully saturated rings. The van der Waals surface area contributed by atoms with Crippen LogP contribution in [0.25, 0.3) is 0 Å². The molecular weight excluding hydrogens is 993 g/mol. The average Bonchev–Trinajstić information content (AvgIpc) is 3.54. The van der Waals surface area contributed by atoms with E-state index in [1.165, 1.54) is 0 Å². The van der Waals surface area contributed by atoms with E-state index in [9.17, 15) is 40.9 Å². The highest BCUT2D eigenvalue weighted by Crippen LogP contribution is 2.55. The zero-order chi connectivity index (χ0) is 58.1. The van der Waals surface area contributed by atoms with Gasteiger partial charge in [0.05, 0.1) is 0 Å². The zero-order valence-electron chi connectivity index (χ0n) is 50.0. The predicted octanol–water partition coefficient (Wildman–Crippen LogP) is 20.6. The smallest absolute Gasteiger partial charge is 0.126 e. The molecule has 8 bridgehead atoms. The first-order valence-corrected chi connectivity index (χ1v) is 31.3. The Morgan fingerprint density at radius 1 is 0.250 bits per heavy atom. The number of unbranched alkanes of at least 4 members (excludes halogenated alkanes) is 24. The first kappa shape index (κ1) is 65.1. The van der Waals surface area contributed by atoms with Crippen LogP contribution in [0.15, 0.2) is 74.9 Å². The molecule has 80 heavy (non-hydrogen) atoms. The number of phenolic OH excluding ortho intramolecular Hbond substituents is 8. The molecule has 8 nitrogen and oxygen atoms in total. The minimum Gasteiger partial charge on any atom is -0.507 e. The van der Waals surface area contributed by atoms with Crippen LogP contribution in [0, 0.1) is 27.7 Å². The lowest BCUT2D eigenvalue weighted by Crippen LogP contribution is -2.13. The fraction of sp³-hybridized carbons (Fsp3) is 0.556. The Labute approximate surface area is 483 Å². The van der Waals surface area contributed by atoms with Crippen LogP contribution in [0.3, 0.4) is 0 Å². The minimum absolute atomic E-state index is 0.0691. The second-order valence-electron chi connectivity index (χ2n) is 23.7. The van der Waals surface area contributed by atoms with Gasteiger partial charge in [-0.25, -0.2) is 0 Å². The average molecular weight is 1100 g/mol. The summed E-state index contributed by atoms with van der Waals surface area (Å²) in [7, 11) is 0. The van der Waals surface area contributed by atoms with Crippen LogP contribution in [0.2, 0.25) is 0 Å². The van der Waals surface area contributed by atoms with Crippen molar-refractivity contribution in [3.8, 4) is 46.0 Å². The highest BCUT2D eigenvalue weighted by Gasteiger charge is 2.36. The summed E-state index contributed by atoms with van der Waals surface area (Å²) >= 11 is 0. The number of aromatic hydroxyl groups is 8. The molecule has 0 aliphatic heterocycles. The molecule has 5 rings (SSSR count). The van der Waals surface area contributed by atoms with Crippen molar-refractivity contribution >= 4 is 0 Å². The van der Waals surface area contributed by atoms with Gasteiger partial charge in [-0.15, -0.1) is 26.3 Å². The van der Waals surface area contributed by atoms with Gasteiger partial charge in [0.1, 0.15) is 46.0 Å². The third-order valence-corrected chi connectivity index (χ3v) is 17.9. The molecule has 0 unspecified atom stereocenters. The van der Waals surface area contributed by atoms with Crippen molar-refractivity contribution in [1.29, 1.82) is 0 Å². The SMILES string of the molecule is C=CCCCCCCCCC1c2cc(c(O)c(C)c2O)C(CCCCCCCCC=C)c2cc(c(O)c(C)c2O)C(CCCCCCCCC=C)c2cc(c(O)c(C)c2O)C(CCCCCCCCC=C)c2cc1c(O)c(C)c2O. The van der Waals surface area contributed by atoms with Crippen molar-refractivity contribution in [2.24, 2.45) is 0 Å². The number of phenols is 8. The molecule has 0 aromatic heterocycles. The zero-order valence-corrected chi connectivity index (χ0v) is 50.0. The lowest BCUT2D eigenvalue weighted by Gasteiger charge is -2.31. The maximum absolute atomic E-state index is 12.5. The molecule has 0 atom stereocenters. The topological polar surface area (TPSA) is 162 Å². The third-order valence-electron chi connectivity index (χ3n) is 17.9. The molecule has 0 heterocycles. The number of benzene rings is 4. The molecule has 4 aromatic carbocycles. The van der Waals surface area contributed by atoms with Crippen LogP contribution in [0.5, 0.6) is 46.0 Å². The van der Waals surface area contributed by atoms with Gasteiger partial charge in [-0.05, 0) is 129 Å². The Balaban J connectivity index is 1.84. The normalized spacial score (nSPS) is 15.9. The van der Waals surface area contributed by atoms with Gasteiger partial charge in [0.2, 0.25) is 0 Å². The van der Waals surface area contributed by atoms with E-state index in [0.717, 1.165) is 180 Å². The van der Waals surface area contributed by atoms with Crippen LogP contribution >= 0.6 is 0 Å². The Morgan fingerprint density at radius 3 is 0.537 bits per heavy atom. The quantitative estimate of drug-likeness (QED) is 0.0165. The van der Waals surface area contributed by atoms with E-state index in [0.29, 0.717) is 92.4 Å². The second kappa shape index (κ2) is 33.9. The van der Waals surface area contributed by atoms with Crippen molar-refractivity contribution in [2.45, 2.75) is 257 Å². The number of hydrogen-bond acceptors (Lipinski definition) is 8. The number of rotatable bonds is 36. The molecule has 440 valence electrons. The highest BCUT2D eigenvalue weighted by molar-refractivity contribution is 5.67. The van der Waals surface area contributed by atoms with E-state index >= 15 is 0 Å². The van der Waals surface area contributed by atoms with Crippen LogP contribution in [0.4, 0.5) is 0 Å². The summed E-state index contributed by atoms with van der Waals surface area (Å²) in [5.41, 5.74) is 5.55. The first-order valence-electron chi connectivity index (χ1n) is 31.3. The summed E-state index contributed by atoms with van der Waals surface area (Å²) in [5, 5.41) is 99.9. The largest absolute Gasteiger partial charge is 0.507 e. The van der Waals surface area contributed by atoms with Crippen LogP contribution < -0.4 is 0 Å². The molecule has 0 saturated heterocycles. The van der Waals surface area contributed by atoms with Crippen LogP contribution in [-0.4, -0.2) is 40.9 Å². The highest BCUT2D eigenvalue weighted by atomic mass is 16.3. The fourth-order valence-corrected chi connectivity index (χ4v) is 12.8. The first-order chi connectivity index (χ1) is 38.7. The van der Waals surface area contributed by atoms with Crippen LogP contribution in [0.1, 0.15) is 296 Å². The standard InChI is InChI=1S/C72H104O8/c1-9-13-17-21-25-29-33-37-41-53-57-45-59(67(75)49(5)65(57)73)54(42-38-34-30-26-22-18-14-10-2)61-47-63(71(79)51(7)69(61)77)56(44-40-36-32-28-24-20-16-12-4)64-48-62(70(78)52(8)72(64)80)55(43-39-35-31-27-23-19-15-11-3)60-46-58(53)66(74)50(6)68(60)76/h9-12,45-48,53-56,73-80H,1-4,13-44H2,5-8H3. The van der Waals surface area contributed by atoms with Crippen molar-refractivity contribution in [3.63, 3.8) is 0 Å². The monoisotopic (exact) mass is 1100 g/mol. The van der Waals surface area contributed by atoms with E-state index < -0.39 is 23.7 Å². The maximum Gasteiger partial charge on any atom is 0.126 e. The van der Waals surface area contributed by atoms with Crippen molar-refractivity contribution in [1.82, 2.24) is 0 Å². The van der Waals surface area contributed by atoms with Gasteiger partial charge in [0.25, 0.3) is 0 Å². The fourth-order valence-electron chi connectivity index (χ4n) is 12.8. The van der Waals surface area contributed by atoms with Crippen molar-refractivity contribution < 1.29 is 40.9 Å². The summed E-state index contributed by atoms with van der Waals surface area (Å²) in [4.78, 5) is 0.